The fraction of sp³-hybridized carbons (Fsp3) is 0.312. The van der Waals surface area contributed by atoms with Crippen LogP contribution < -0.4 is 5.32 Å². The molecular weight excluding hydrogens is 286 g/mol. The average Bonchev–Trinajstić information content (AvgIpc) is 3.04. The molecule has 0 aliphatic carbocycles. The van der Waals surface area contributed by atoms with Crippen molar-refractivity contribution >= 4 is 17.7 Å². The standard InChI is InChI=1S/C16H19NO3S/c1-19-16(18)15(17-10-14-8-5-9-20-14)12-21-11-13-6-3-2-4-7-13/h2-9,15,17H,10-12H2,1H3/t15-/m0/s1. The van der Waals surface area contributed by atoms with Crippen LogP contribution in [-0.4, -0.2) is 24.9 Å². The van der Waals surface area contributed by atoms with Crippen LogP contribution in [0.4, 0.5) is 0 Å². The maximum atomic E-state index is 11.8. The van der Waals surface area contributed by atoms with E-state index in [4.69, 9.17) is 9.15 Å². The fourth-order valence-corrected chi connectivity index (χ4v) is 2.89. The molecule has 0 saturated carbocycles. The Morgan fingerprint density at radius 1 is 1.29 bits per heavy atom. The third kappa shape index (κ3) is 5.28. The highest BCUT2D eigenvalue weighted by Crippen LogP contribution is 2.13. The molecule has 1 N–H and O–H groups in total. The van der Waals surface area contributed by atoms with Gasteiger partial charge in [0.15, 0.2) is 0 Å². The number of rotatable bonds is 8. The summed E-state index contributed by atoms with van der Waals surface area (Å²) in [5.41, 5.74) is 1.25. The summed E-state index contributed by atoms with van der Waals surface area (Å²) in [4.78, 5) is 11.8. The van der Waals surface area contributed by atoms with E-state index in [1.807, 2.05) is 30.3 Å². The number of thioether (sulfide) groups is 1. The largest absolute Gasteiger partial charge is 0.468 e. The van der Waals surface area contributed by atoms with Gasteiger partial charge < -0.3 is 9.15 Å². The number of ether oxygens (including phenoxy) is 1. The van der Waals surface area contributed by atoms with Crippen LogP contribution in [0.25, 0.3) is 0 Å². The number of nitrogens with one attached hydrogen (secondary N) is 1. The first-order valence-electron chi connectivity index (χ1n) is 6.75. The van der Waals surface area contributed by atoms with Crippen LogP contribution >= 0.6 is 11.8 Å². The molecule has 1 atom stereocenters. The Bertz CT molecular complexity index is 528. The number of esters is 1. The molecule has 2 aromatic rings. The predicted octanol–water partition coefficient (Wildman–Crippen LogP) is 2.84. The fourth-order valence-electron chi connectivity index (χ4n) is 1.86. The van der Waals surface area contributed by atoms with E-state index in [0.29, 0.717) is 12.3 Å². The normalized spacial score (nSPS) is 12.0. The molecule has 0 spiro atoms. The highest BCUT2D eigenvalue weighted by Gasteiger charge is 2.18. The number of furan rings is 1. The van der Waals surface area contributed by atoms with Crippen molar-refractivity contribution in [2.24, 2.45) is 0 Å². The van der Waals surface area contributed by atoms with Crippen molar-refractivity contribution < 1.29 is 13.9 Å². The van der Waals surface area contributed by atoms with Crippen molar-refractivity contribution in [2.45, 2.75) is 18.3 Å². The molecule has 4 nitrogen and oxygen atoms in total. The van der Waals surface area contributed by atoms with Crippen LogP contribution in [0.15, 0.2) is 53.1 Å². The molecule has 0 aliphatic heterocycles. The van der Waals surface area contributed by atoms with Crippen molar-refractivity contribution in [1.82, 2.24) is 5.32 Å². The third-order valence-corrected chi connectivity index (χ3v) is 4.09. The predicted molar refractivity (Wildman–Crippen MR) is 84.0 cm³/mol. The van der Waals surface area contributed by atoms with E-state index in [-0.39, 0.29) is 12.0 Å². The first-order chi connectivity index (χ1) is 10.3. The van der Waals surface area contributed by atoms with E-state index < -0.39 is 0 Å². The van der Waals surface area contributed by atoms with Crippen molar-refractivity contribution in [3.05, 3.63) is 60.1 Å². The van der Waals surface area contributed by atoms with Crippen molar-refractivity contribution in [3.8, 4) is 0 Å². The van der Waals surface area contributed by atoms with Gasteiger partial charge in [-0.05, 0) is 17.7 Å². The highest BCUT2D eigenvalue weighted by atomic mass is 32.2. The second-order valence-corrected chi connectivity index (χ2v) is 5.57. The molecule has 5 heteroatoms. The molecule has 0 bridgehead atoms. The number of methoxy groups -OCH3 is 1. The smallest absolute Gasteiger partial charge is 0.323 e. The number of carbonyl (C=O) groups excluding carboxylic acids is 1. The number of benzene rings is 1. The molecule has 0 amide bonds. The minimum absolute atomic E-state index is 0.248. The zero-order valence-corrected chi connectivity index (χ0v) is 12.8. The Morgan fingerprint density at radius 3 is 2.76 bits per heavy atom. The van der Waals surface area contributed by atoms with Gasteiger partial charge in [-0.3, -0.25) is 10.1 Å². The van der Waals surface area contributed by atoms with Gasteiger partial charge in [-0.2, -0.15) is 11.8 Å². The zero-order chi connectivity index (χ0) is 14.9. The molecule has 0 radical (unpaired) electrons. The Balaban J connectivity index is 1.80. The van der Waals surface area contributed by atoms with Gasteiger partial charge in [0.2, 0.25) is 0 Å². The minimum atomic E-state index is -0.339. The van der Waals surface area contributed by atoms with Gasteiger partial charge in [-0.15, -0.1) is 0 Å². The summed E-state index contributed by atoms with van der Waals surface area (Å²) in [5.74, 6) is 2.08. The number of hydrogen-bond acceptors (Lipinski definition) is 5. The van der Waals surface area contributed by atoms with Crippen LogP contribution in [0.2, 0.25) is 0 Å². The molecule has 21 heavy (non-hydrogen) atoms. The summed E-state index contributed by atoms with van der Waals surface area (Å²) in [6.07, 6.45) is 1.62. The Morgan fingerprint density at radius 2 is 2.10 bits per heavy atom. The third-order valence-electron chi connectivity index (χ3n) is 2.98. The highest BCUT2D eigenvalue weighted by molar-refractivity contribution is 7.98. The Labute approximate surface area is 128 Å². The maximum absolute atomic E-state index is 11.8. The van der Waals surface area contributed by atoms with E-state index in [9.17, 15) is 4.79 Å². The van der Waals surface area contributed by atoms with Crippen LogP contribution in [0, 0.1) is 0 Å². The zero-order valence-electron chi connectivity index (χ0n) is 12.0. The SMILES string of the molecule is COC(=O)[C@H](CSCc1ccccc1)NCc1ccco1. The number of hydrogen-bond donors (Lipinski definition) is 1. The lowest BCUT2D eigenvalue weighted by Gasteiger charge is -2.15. The summed E-state index contributed by atoms with van der Waals surface area (Å²) in [7, 11) is 1.41. The average molecular weight is 305 g/mol. The molecule has 1 aromatic heterocycles. The molecule has 0 fully saturated rings. The van der Waals surface area contributed by atoms with Crippen molar-refractivity contribution in [1.29, 1.82) is 0 Å². The second kappa shape index (κ2) is 8.54. The maximum Gasteiger partial charge on any atom is 0.323 e. The lowest BCUT2D eigenvalue weighted by molar-refractivity contribution is -0.142. The van der Waals surface area contributed by atoms with Gasteiger partial charge in [-0.25, -0.2) is 0 Å². The van der Waals surface area contributed by atoms with Crippen molar-refractivity contribution in [2.75, 3.05) is 12.9 Å². The molecular formula is C16H19NO3S. The van der Waals surface area contributed by atoms with Gasteiger partial charge >= 0.3 is 5.97 Å². The van der Waals surface area contributed by atoms with Crippen LogP contribution in [-0.2, 0) is 21.8 Å². The molecule has 0 saturated heterocycles. The first-order valence-corrected chi connectivity index (χ1v) is 7.90. The van der Waals surface area contributed by atoms with Crippen molar-refractivity contribution in [3.63, 3.8) is 0 Å². The molecule has 1 aromatic carbocycles. The van der Waals surface area contributed by atoms with E-state index in [1.54, 1.807) is 18.0 Å². The van der Waals surface area contributed by atoms with Crippen LogP contribution in [0.3, 0.4) is 0 Å². The molecule has 0 aliphatic rings. The lowest BCUT2D eigenvalue weighted by atomic mass is 10.2. The van der Waals surface area contributed by atoms with Gasteiger partial charge in [0.25, 0.3) is 0 Å². The quantitative estimate of drug-likeness (QED) is 0.760. The van der Waals surface area contributed by atoms with Gasteiger partial charge in [0.1, 0.15) is 11.8 Å². The van der Waals surface area contributed by atoms with Gasteiger partial charge in [-0.1, -0.05) is 30.3 Å². The van der Waals surface area contributed by atoms with E-state index in [2.05, 4.69) is 17.4 Å². The van der Waals surface area contributed by atoms with E-state index in [1.165, 1.54) is 12.7 Å². The Kier molecular flexibility index (Phi) is 6.37. The lowest BCUT2D eigenvalue weighted by Crippen LogP contribution is -2.39. The van der Waals surface area contributed by atoms with Crippen LogP contribution in [0.1, 0.15) is 11.3 Å². The molecule has 0 unspecified atom stereocenters. The molecule has 1 heterocycles. The second-order valence-electron chi connectivity index (χ2n) is 4.54. The van der Waals surface area contributed by atoms with E-state index in [0.717, 1.165) is 11.5 Å². The topological polar surface area (TPSA) is 51.5 Å². The van der Waals surface area contributed by atoms with Gasteiger partial charge in [0.05, 0.1) is 19.9 Å². The minimum Gasteiger partial charge on any atom is -0.468 e. The first kappa shape index (κ1) is 15.7. The monoisotopic (exact) mass is 305 g/mol. The summed E-state index contributed by atoms with van der Waals surface area (Å²) >= 11 is 1.70. The Hall–Kier alpha value is -1.72. The van der Waals surface area contributed by atoms with Gasteiger partial charge in [0, 0.05) is 11.5 Å². The molecule has 2 rings (SSSR count). The summed E-state index contributed by atoms with van der Waals surface area (Å²) in [5, 5.41) is 3.17. The van der Waals surface area contributed by atoms with E-state index >= 15 is 0 Å². The molecule has 112 valence electrons. The van der Waals surface area contributed by atoms with Crippen LogP contribution in [0.5, 0.6) is 0 Å². The summed E-state index contributed by atoms with van der Waals surface area (Å²) in [6.45, 7) is 0.513. The number of carbonyl (C=O) groups is 1. The summed E-state index contributed by atoms with van der Waals surface area (Å²) in [6, 6.07) is 13.6. The summed E-state index contributed by atoms with van der Waals surface area (Å²) < 4.78 is 10.1.